The lowest BCUT2D eigenvalue weighted by Crippen LogP contribution is -2.73. The molecule has 1 saturated carbocycles. The van der Waals surface area contributed by atoms with E-state index in [4.69, 9.17) is 0 Å². The van der Waals surface area contributed by atoms with Crippen LogP contribution in [0, 0.1) is 5.92 Å². The van der Waals surface area contributed by atoms with Crippen LogP contribution in [0.25, 0.3) is 0 Å². The van der Waals surface area contributed by atoms with E-state index < -0.39 is 5.54 Å². The van der Waals surface area contributed by atoms with Crippen molar-refractivity contribution < 1.29 is 14.4 Å². The molecule has 1 aliphatic carbocycles. The van der Waals surface area contributed by atoms with Gasteiger partial charge in [-0.15, -0.1) is 0 Å². The number of urea groups is 1. The molecule has 3 aliphatic heterocycles. The smallest absolute Gasteiger partial charge is 0.319 e. The van der Waals surface area contributed by atoms with Crippen molar-refractivity contribution in [3.05, 3.63) is 18.5 Å². The SMILES string of the molecule is O=C1NC(=O)C2(N3CC(c4ncncn4)NC3=O)CC1C2. The van der Waals surface area contributed by atoms with Gasteiger partial charge in [-0.1, -0.05) is 0 Å². The van der Waals surface area contributed by atoms with Crippen LogP contribution in [-0.4, -0.2) is 49.8 Å². The molecule has 9 heteroatoms. The minimum atomic E-state index is -0.898. The second-order valence-corrected chi connectivity index (χ2v) is 5.56. The number of carbonyl (C=O) groups excluding carboxylic acids is 3. The Morgan fingerprint density at radius 1 is 1.19 bits per heavy atom. The van der Waals surface area contributed by atoms with Crippen molar-refractivity contribution in [1.82, 2.24) is 30.5 Å². The van der Waals surface area contributed by atoms with Gasteiger partial charge < -0.3 is 10.2 Å². The first kappa shape index (κ1) is 12.2. The van der Waals surface area contributed by atoms with Crippen LogP contribution in [0.15, 0.2) is 12.7 Å². The number of hydrogen-bond acceptors (Lipinski definition) is 6. The Balaban J connectivity index is 1.59. The number of hydrogen-bond donors (Lipinski definition) is 2. The Labute approximate surface area is 119 Å². The van der Waals surface area contributed by atoms with Gasteiger partial charge in [0.05, 0.1) is 6.54 Å². The molecule has 1 atom stereocenters. The average Bonchev–Trinajstić information content (AvgIpc) is 2.81. The van der Waals surface area contributed by atoms with E-state index in [-0.39, 0.29) is 29.8 Å². The molecule has 3 saturated heterocycles. The van der Waals surface area contributed by atoms with Crippen LogP contribution in [0.1, 0.15) is 24.7 Å². The number of amides is 4. The van der Waals surface area contributed by atoms with E-state index in [1.54, 1.807) is 0 Å². The fourth-order valence-corrected chi connectivity index (χ4v) is 3.28. The van der Waals surface area contributed by atoms with Gasteiger partial charge in [0.1, 0.15) is 24.2 Å². The molecule has 0 radical (unpaired) electrons. The quantitative estimate of drug-likeness (QED) is 0.656. The number of piperidine rings is 2. The van der Waals surface area contributed by atoms with Crippen LogP contribution in [-0.2, 0) is 9.59 Å². The number of aromatic nitrogens is 3. The lowest BCUT2D eigenvalue weighted by atomic mass is 9.63. The van der Waals surface area contributed by atoms with Crippen LogP contribution in [0.2, 0.25) is 0 Å². The number of imide groups is 1. The third-order valence-corrected chi connectivity index (χ3v) is 4.45. The van der Waals surface area contributed by atoms with Gasteiger partial charge in [-0.25, -0.2) is 19.7 Å². The molecule has 108 valence electrons. The summed E-state index contributed by atoms with van der Waals surface area (Å²) in [4.78, 5) is 49.1. The number of nitrogens with zero attached hydrogens (tertiary/aromatic N) is 4. The Hall–Kier alpha value is -2.58. The molecule has 1 aromatic rings. The zero-order chi connectivity index (χ0) is 14.6. The number of rotatable bonds is 2. The fraction of sp³-hybridized carbons (Fsp3) is 0.500. The highest BCUT2D eigenvalue weighted by Gasteiger charge is 2.63. The van der Waals surface area contributed by atoms with Gasteiger partial charge in [0.2, 0.25) is 5.91 Å². The molecule has 9 nitrogen and oxygen atoms in total. The second-order valence-electron chi connectivity index (χ2n) is 5.56. The highest BCUT2D eigenvalue weighted by molar-refractivity contribution is 6.08. The minimum Gasteiger partial charge on any atom is -0.326 e. The number of carbonyl (C=O) groups is 3. The molecule has 2 bridgehead atoms. The molecule has 1 unspecified atom stereocenters. The maximum absolute atomic E-state index is 12.2. The van der Waals surface area contributed by atoms with Gasteiger partial charge >= 0.3 is 6.03 Å². The van der Waals surface area contributed by atoms with Crippen molar-refractivity contribution in [2.45, 2.75) is 24.4 Å². The molecule has 0 aromatic carbocycles. The van der Waals surface area contributed by atoms with Crippen LogP contribution >= 0.6 is 0 Å². The predicted octanol–water partition coefficient (Wildman–Crippen LogP) is -1.26. The summed E-state index contributed by atoms with van der Waals surface area (Å²) >= 11 is 0. The summed E-state index contributed by atoms with van der Waals surface area (Å²) in [7, 11) is 0. The summed E-state index contributed by atoms with van der Waals surface area (Å²) in [6.45, 7) is 0.303. The molecule has 1 aromatic heterocycles. The van der Waals surface area contributed by atoms with Crippen molar-refractivity contribution in [3.63, 3.8) is 0 Å². The van der Waals surface area contributed by atoms with Crippen molar-refractivity contribution in [1.29, 1.82) is 0 Å². The van der Waals surface area contributed by atoms with E-state index in [1.807, 2.05) is 0 Å². The topological polar surface area (TPSA) is 117 Å². The summed E-state index contributed by atoms with van der Waals surface area (Å²) in [6.07, 6.45) is 3.52. The van der Waals surface area contributed by atoms with Gasteiger partial charge in [0.15, 0.2) is 5.82 Å². The largest absolute Gasteiger partial charge is 0.326 e. The summed E-state index contributed by atoms with van der Waals surface area (Å²) in [6, 6.07) is -0.706. The lowest BCUT2D eigenvalue weighted by molar-refractivity contribution is -0.159. The van der Waals surface area contributed by atoms with Crippen LogP contribution in [0.5, 0.6) is 0 Å². The van der Waals surface area contributed by atoms with Gasteiger partial charge in [-0.05, 0) is 12.8 Å². The highest BCUT2D eigenvalue weighted by Crippen LogP contribution is 2.47. The summed E-state index contributed by atoms with van der Waals surface area (Å²) in [5.41, 5.74) is -0.898. The Morgan fingerprint density at radius 2 is 1.90 bits per heavy atom. The molecule has 5 rings (SSSR count). The molecule has 4 amide bonds. The fourth-order valence-electron chi connectivity index (χ4n) is 3.28. The van der Waals surface area contributed by atoms with Gasteiger partial charge in [-0.2, -0.15) is 0 Å². The monoisotopic (exact) mass is 288 g/mol. The molecule has 0 spiro atoms. The van der Waals surface area contributed by atoms with Crippen molar-refractivity contribution in [2.24, 2.45) is 5.92 Å². The number of fused-ring (bicyclic) bond motifs is 2. The van der Waals surface area contributed by atoms with Crippen molar-refractivity contribution >= 4 is 17.8 Å². The average molecular weight is 288 g/mol. The molecular weight excluding hydrogens is 276 g/mol. The second kappa shape index (κ2) is 3.96. The first-order valence-electron chi connectivity index (χ1n) is 6.65. The summed E-state index contributed by atoms with van der Waals surface area (Å²) in [5.74, 6) is -0.343. The Kier molecular flexibility index (Phi) is 2.30. The summed E-state index contributed by atoms with van der Waals surface area (Å²) in [5, 5.41) is 5.10. The van der Waals surface area contributed by atoms with Crippen LogP contribution in [0.3, 0.4) is 0 Å². The first-order chi connectivity index (χ1) is 10.1. The van der Waals surface area contributed by atoms with E-state index >= 15 is 0 Å². The molecule has 4 fully saturated rings. The van der Waals surface area contributed by atoms with E-state index in [9.17, 15) is 14.4 Å². The zero-order valence-corrected chi connectivity index (χ0v) is 10.9. The molecule has 4 aliphatic rings. The normalized spacial score (nSPS) is 34.3. The maximum atomic E-state index is 12.2. The first-order valence-corrected chi connectivity index (χ1v) is 6.65. The summed E-state index contributed by atoms with van der Waals surface area (Å²) < 4.78 is 0. The van der Waals surface area contributed by atoms with E-state index in [0.717, 1.165) is 0 Å². The molecule has 4 heterocycles. The van der Waals surface area contributed by atoms with Crippen LogP contribution in [0.4, 0.5) is 4.79 Å². The van der Waals surface area contributed by atoms with E-state index in [1.165, 1.54) is 17.6 Å². The molecule has 21 heavy (non-hydrogen) atoms. The zero-order valence-electron chi connectivity index (χ0n) is 10.9. The van der Waals surface area contributed by atoms with Gasteiger partial charge in [-0.3, -0.25) is 14.9 Å². The third-order valence-electron chi connectivity index (χ3n) is 4.45. The highest BCUT2D eigenvalue weighted by atomic mass is 16.2. The lowest BCUT2D eigenvalue weighted by Gasteiger charge is -2.53. The number of nitrogens with one attached hydrogen (secondary N) is 2. The molecular formula is C12H12N6O3. The van der Waals surface area contributed by atoms with E-state index in [0.29, 0.717) is 25.2 Å². The minimum absolute atomic E-state index is 0.174. The maximum Gasteiger partial charge on any atom is 0.319 e. The van der Waals surface area contributed by atoms with Crippen molar-refractivity contribution in [2.75, 3.05) is 6.54 Å². The molecule has 2 N–H and O–H groups in total. The Bertz CT molecular complexity index is 642. The van der Waals surface area contributed by atoms with Gasteiger partial charge in [0.25, 0.3) is 5.91 Å². The third kappa shape index (κ3) is 1.57. The van der Waals surface area contributed by atoms with Gasteiger partial charge in [0, 0.05) is 5.92 Å². The van der Waals surface area contributed by atoms with Crippen molar-refractivity contribution in [3.8, 4) is 0 Å². The standard InChI is InChI=1S/C12H12N6O3/c19-9-6-1-12(2-6,10(20)17-9)18-3-7(16-11(18)21)8-14-4-13-5-15-8/h4-7H,1-3H2,(H,16,21)(H,17,19,20). The van der Waals surface area contributed by atoms with E-state index in [2.05, 4.69) is 25.6 Å². The van der Waals surface area contributed by atoms with Crippen LogP contribution < -0.4 is 10.6 Å². The Morgan fingerprint density at radius 3 is 2.57 bits per heavy atom. The predicted molar refractivity (Wildman–Crippen MR) is 66.4 cm³/mol.